The van der Waals surface area contributed by atoms with Crippen molar-refractivity contribution in [3.05, 3.63) is 34.7 Å². The third kappa shape index (κ3) is 2.63. The summed E-state index contributed by atoms with van der Waals surface area (Å²) in [4.78, 5) is 27.3. The number of benzene rings is 1. The first-order valence-corrected chi connectivity index (χ1v) is 6.38. The normalized spacial score (nSPS) is 10.2. The third-order valence-corrected chi connectivity index (χ3v) is 3.74. The molecule has 0 fully saturated rings. The van der Waals surface area contributed by atoms with Crippen molar-refractivity contribution in [1.29, 1.82) is 0 Å². The number of thiazole rings is 1. The number of hydrogen-bond donors (Lipinski definition) is 2. The van der Waals surface area contributed by atoms with Crippen molar-refractivity contribution < 1.29 is 14.7 Å². The molecule has 0 aliphatic carbocycles. The van der Waals surface area contributed by atoms with Crippen molar-refractivity contribution in [1.82, 2.24) is 4.98 Å². The lowest BCUT2D eigenvalue weighted by Gasteiger charge is -2.00. The Balaban J connectivity index is 2.48. The zero-order valence-electron chi connectivity index (χ0n) is 10.4. The van der Waals surface area contributed by atoms with E-state index in [-0.39, 0.29) is 11.3 Å². The van der Waals surface area contributed by atoms with E-state index in [0.29, 0.717) is 15.7 Å². The first-order valence-electron chi connectivity index (χ1n) is 5.56. The van der Waals surface area contributed by atoms with Crippen LogP contribution in [0.15, 0.2) is 24.3 Å². The molecular weight excluding hydrogens is 264 g/mol. The lowest BCUT2D eigenvalue weighted by Crippen LogP contribution is -1.96. The molecule has 0 radical (unpaired) electrons. The van der Waals surface area contributed by atoms with Crippen LogP contribution in [0, 0.1) is 0 Å². The zero-order chi connectivity index (χ0) is 14.0. The number of Topliss-reactive ketones (excluding diaryl/α,β-unsaturated/α-hetero) is 1. The van der Waals surface area contributed by atoms with E-state index in [1.54, 1.807) is 19.2 Å². The van der Waals surface area contributed by atoms with Crippen molar-refractivity contribution in [2.75, 3.05) is 12.4 Å². The van der Waals surface area contributed by atoms with Gasteiger partial charge in [0.05, 0.1) is 16.1 Å². The van der Waals surface area contributed by atoms with E-state index in [9.17, 15) is 9.59 Å². The topological polar surface area (TPSA) is 79.3 Å². The van der Waals surface area contributed by atoms with Crippen molar-refractivity contribution in [2.24, 2.45) is 0 Å². The monoisotopic (exact) mass is 276 g/mol. The summed E-state index contributed by atoms with van der Waals surface area (Å²) in [6, 6.07) is 6.31. The number of carbonyl (C=O) groups excluding carboxylic acids is 1. The summed E-state index contributed by atoms with van der Waals surface area (Å²) in [5.74, 6) is -1.04. The van der Waals surface area contributed by atoms with Crippen LogP contribution in [-0.4, -0.2) is 28.9 Å². The van der Waals surface area contributed by atoms with Gasteiger partial charge in [0, 0.05) is 19.5 Å². The lowest BCUT2D eigenvalue weighted by atomic mass is 10.1. The van der Waals surface area contributed by atoms with Gasteiger partial charge in [-0.1, -0.05) is 23.5 Å². The minimum absolute atomic E-state index is 0.0590. The molecule has 0 aliphatic rings. The van der Waals surface area contributed by atoms with Crippen molar-refractivity contribution in [3.63, 3.8) is 0 Å². The second kappa shape index (κ2) is 5.19. The number of carbonyl (C=O) groups is 2. The third-order valence-electron chi connectivity index (χ3n) is 2.57. The average molecular weight is 276 g/mol. The van der Waals surface area contributed by atoms with Gasteiger partial charge in [-0.2, -0.15) is 0 Å². The summed E-state index contributed by atoms with van der Waals surface area (Å²) in [5.41, 5.74) is 1.52. The predicted molar refractivity (Wildman–Crippen MR) is 74.1 cm³/mol. The fourth-order valence-electron chi connectivity index (χ4n) is 1.63. The molecular formula is C13H12N2O3S. The van der Waals surface area contributed by atoms with Crippen molar-refractivity contribution in [3.8, 4) is 11.3 Å². The Hall–Kier alpha value is -2.21. The molecule has 6 heteroatoms. The number of nitrogens with one attached hydrogen (secondary N) is 1. The molecule has 5 nitrogen and oxygen atoms in total. The van der Waals surface area contributed by atoms with Crippen LogP contribution in [0.5, 0.6) is 0 Å². The number of nitrogens with zero attached hydrogens (tertiary/aromatic N) is 1. The molecule has 0 bridgehead atoms. The van der Waals surface area contributed by atoms with Gasteiger partial charge < -0.3 is 10.4 Å². The summed E-state index contributed by atoms with van der Waals surface area (Å²) < 4.78 is 0. The van der Waals surface area contributed by atoms with Gasteiger partial charge in [-0.15, -0.1) is 0 Å². The quantitative estimate of drug-likeness (QED) is 0.839. The molecule has 98 valence electrons. The van der Waals surface area contributed by atoms with Crippen molar-refractivity contribution in [2.45, 2.75) is 6.92 Å². The Kier molecular flexibility index (Phi) is 3.62. The van der Waals surface area contributed by atoms with E-state index in [0.717, 1.165) is 5.56 Å². The number of carboxylic acids is 1. The Bertz CT molecular complexity index is 632. The summed E-state index contributed by atoms with van der Waals surface area (Å²) in [6.45, 7) is 1.49. The minimum atomic E-state index is -0.979. The van der Waals surface area contributed by atoms with E-state index in [1.807, 2.05) is 0 Å². The van der Waals surface area contributed by atoms with E-state index in [1.165, 1.54) is 30.4 Å². The van der Waals surface area contributed by atoms with E-state index < -0.39 is 5.97 Å². The van der Waals surface area contributed by atoms with E-state index in [2.05, 4.69) is 10.3 Å². The maximum Gasteiger partial charge on any atom is 0.335 e. The average Bonchev–Trinajstić information content (AvgIpc) is 2.83. The largest absolute Gasteiger partial charge is 0.478 e. The Morgan fingerprint density at radius 2 is 1.89 bits per heavy atom. The predicted octanol–water partition coefficient (Wildman–Crippen LogP) is 2.75. The van der Waals surface area contributed by atoms with Crippen LogP contribution in [0.1, 0.15) is 27.0 Å². The van der Waals surface area contributed by atoms with E-state index in [4.69, 9.17) is 5.11 Å². The van der Waals surface area contributed by atoms with Crippen LogP contribution >= 0.6 is 11.3 Å². The smallest absolute Gasteiger partial charge is 0.335 e. The molecule has 1 aromatic carbocycles. The van der Waals surface area contributed by atoms with Crippen LogP contribution in [-0.2, 0) is 0 Å². The highest BCUT2D eigenvalue weighted by Gasteiger charge is 2.16. The Morgan fingerprint density at radius 3 is 2.37 bits per heavy atom. The number of carboxylic acid groups (broad SMARTS) is 1. The highest BCUT2D eigenvalue weighted by Crippen LogP contribution is 2.31. The fraction of sp³-hybridized carbons (Fsp3) is 0.154. The Labute approximate surface area is 113 Å². The number of ketones is 1. The molecule has 2 aromatic rings. The molecule has 0 amide bonds. The highest BCUT2D eigenvalue weighted by molar-refractivity contribution is 7.18. The zero-order valence-corrected chi connectivity index (χ0v) is 11.2. The fourth-order valence-corrected chi connectivity index (χ4v) is 2.47. The number of rotatable bonds is 4. The molecule has 0 atom stereocenters. The number of aromatic carboxylic acids is 1. The van der Waals surface area contributed by atoms with E-state index >= 15 is 0 Å². The van der Waals surface area contributed by atoms with Crippen LogP contribution in [0.25, 0.3) is 11.3 Å². The first-order chi connectivity index (χ1) is 9.02. The Morgan fingerprint density at radius 1 is 1.26 bits per heavy atom. The minimum Gasteiger partial charge on any atom is -0.478 e. The van der Waals surface area contributed by atoms with Gasteiger partial charge in [0.2, 0.25) is 0 Å². The SMILES string of the molecule is CNc1nc(-c2ccc(C(=O)O)cc2)c(C(C)=O)s1. The van der Waals surface area contributed by atoms with Crippen LogP contribution < -0.4 is 5.32 Å². The number of anilines is 1. The first kappa shape index (κ1) is 13.2. The van der Waals surface area contributed by atoms with Gasteiger partial charge in [0.1, 0.15) is 0 Å². The van der Waals surface area contributed by atoms with Gasteiger partial charge in [0.25, 0.3) is 0 Å². The molecule has 0 spiro atoms. The molecule has 2 N–H and O–H groups in total. The maximum absolute atomic E-state index is 11.6. The van der Waals surface area contributed by atoms with Crippen LogP contribution in [0.4, 0.5) is 5.13 Å². The van der Waals surface area contributed by atoms with Crippen molar-refractivity contribution >= 4 is 28.2 Å². The molecule has 1 heterocycles. The molecule has 0 saturated carbocycles. The summed E-state index contributed by atoms with van der Waals surface area (Å²) in [7, 11) is 1.74. The summed E-state index contributed by atoms with van der Waals surface area (Å²) in [6.07, 6.45) is 0. The standard InChI is InChI=1S/C13H12N2O3S/c1-7(16)11-10(15-13(14-2)19-11)8-3-5-9(6-4-8)12(17)18/h3-6H,1-2H3,(H,14,15)(H,17,18). The summed E-state index contributed by atoms with van der Waals surface area (Å²) >= 11 is 1.28. The van der Waals surface area contributed by atoms with Gasteiger partial charge in [0.15, 0.2) is 10.9 Å². The highest BCUT2D eigenvalue weighted by atomic mass is 32.1. The molecule has 2 rings (SSSR count). The number of aromatic nitrogens is 1. The van der Waals surface area contributed by atoms with Gasteiger partial charge in [-0.3, -0.25) is 4.79 Å². The lowest BCUT2D eigenvalue weighted by molar-refractivity contribution is 0.0696. The maximum atomic E-state index is 11.6. The van der Waals surface area contributed by atoms with Crippen LogP contribution in [0.3, 0.4) is 0 Å². The summed E-state index contributed by atoms with van der Waals surface area (Å²) in [5, 5.41) is 12.4. The molecule has 19 heavy (non-hydrogen) atoms. The molecule has 0 unspecified atom stereocenters. The molecule has 1 aromatic heterocycles. The van der Waals surface area contributed by atoms with Gasteiger partial charge in [-0.25, -0.2) is 9.78 Å². The number of hydrogen-bond acceptors (Lipinski definition) is 5. The molecule has 0 aliphatic heterocycles. The second-order valence-electron chi connectivity index (χ2n) is 3.89. The second-order valence-corrected chi connectivity index (χ2v) is 4.88. The van der Waals surface area contributed by atoms with Gasteiger partial charge in [-0.05, 0) is 12.1 Å². The molecule has 0 saturated heterocycles. The van der Waals surface area contributed by atoms with Gasteiger partial charge >= 0.3 is 5.97 Å². The van der Waals surface area contributed by atoms with Crippen LogP contribution in [0.2, 0.25) is 0 Å².